The normalized spacial score (nSPS) is 15.5. The average Bonchev–Trinajstić information content (AvgIpc) is 3.12. The zero-order valence-corrected chi connectivity index (χ0v) is 34.1. The quantitative estimate of drug-likeness (QED) is 0.0643. The summed E-state index contributed by atoms with van der Waals surface area (Å²) in [6.45, 7) is 21.6. The number of aliphatic hydroxyl groups excluding tert-OH is 1. The third kappa shape index (κ3) is 39.1. The Hall–Kier alpha value is -0.440. The Morgan fingerprint density at radius 2 is 0.627 bits per heavy atom. The minimum absolute atomic E-state index is 0.0190. The molecule has 1 N–H and O–H groups in total. The van der Waals surface area contributed by atoms with Crippen LogP contribution in [0.5, 0.6) is 0 Å². The molecule has 0 heterocycles. The molecule has 0 rings (SSSR count). The van der Waals surface area contributed by atoms with Crippen molar-refractivity contribution >= 4 is 0 Å². The van der Waals surface area contributed by atoms with Crippen LogP contribution < -0.4 is 0 Å². The van der Waals surface area contributed by atoms with Crippen LogP contribution in [0, 0.1) is 0 Å². The fourth-order valence-corrected chi connectivity index (χ4v) is 5.00. The third-order valence-electron chi connectivity index (χ3n) is 8.18. The van der Waals surface area contributed by atoms with Crippen LogP contribution in [0.2, 0.25) is 0 Å². The van der Waals surface area contributed by atoms with Gasteiger partial charge in [-0.2, -0.15) is 0 Å². The van der Waals surface area contributed by atoms with Gasteiger partial charge in [-0.3, -0.25) is 0 Å². The van der Waals surface area contributed by atoms with Crippen molar-refractivity contribution in [3.8, 4) is 0 Å². The summed E-state index contributed by atoms with van der Waals surface area (Å²) in [7, 11) is 0. The summed E-state index contributed by atoms with van der Waals surface area (Å²) in [6.07, 6.45) is 16.1. The summed E-state index contributed by atoms with van der Waals surface area (Å²) in [6, 6.07) is 0. The van der Waals surface area contributed by atoms with Crippen molar-refractivity contribution in [3.63, 3.8) is 0 Å². The van der Waals surface area contributed by atoms with Gasteiger partial charge >= 0.3 is 0 Å². The Morgan fingerprint density at radius 1 is 0.314 bits per heavy atom. The molecule has 0 bridgehead atoms. The Labute approximate surface area is 313 Å². The second kappa shape index (κ2) is 39.3. The topological polar surface area (TPSA) is 113 Å². The molecule has 51 heavy (non-hydrogen) atoms. The Bertz CT molecular complexity index is 674. The molecule has 6 atom stereocenters. The minimum Gasteiger partial charge on any atom is -0.394 e. The van der Waals surface area contributed by atoms with Gasteiger partial charge in [-0.1, -0.05) is 77.6 Å². The van der Waals surface area contributed by atoms with Crippen LogP contribution in [0.3, 0.4) is 0 Å². The fraction of sp³-hybridized carbons (Fsp3) is 1.00. The summed E-state index contributed by atoms with van der Waals surface area (Å²) in [5.41, 5.74) is 0. The number of hydrogen-bond acceptors (Lipinski definition) is 11. The first kappa shape index (κ1) is 50.6. The molecule has 0 saturated carbocycles. The van der Waals surface area contributed by atoms with Crippen LogP contribution in [-0.4, -0.2) is 141 Å². The predicted octanol–water partition coefficient (Wildman–Crippen LogP) is 7.18. The van der Waals surface area contributed by atoms with E-state index in [2.05, 4.69) is 13.8 Å². The lowest BCUT2D eigenvalue weighted by Crippen LogP contribution is -2.30. The van der Waals surface area contributed by atoms with Crippen molar-refractivity contribution in [2.24, 2.45) is 0 Å². The molecule has 11 heteroatoms. The Morgan fingerprint density at radius 3 is 1.02 bits per heavy atom. The van der Waals surface area contributed by atoms with E-state index in [0.717, 1.165) is 13.0 Å². The number of ether oxygens (including phenoxy) is 10. The molecule has 0 fully saturated rings. The molecule has 0 aromatic carbocycles. The van der Waals surface area contributed by atoms with Crippen molar-refractivity contribution in [3.05, 3.63) is 0 Å². The largest absolute Gasteiger partial charge is 0.394 e. The van der Waals surface area contributed by atoms with Gasteiger partial charge in [0.25, 0.3) is 0 Å². The molecule has 0 spiro atoms. The number of hydrogen-bond donors (Lipinski definition) is 1. The van der Waals surface area contributed by atoms with Gasteiger partial charge in [0.1, 0.15) is 0 Å². The standard InChI is InChI=1S/C40H82O11/c1-8-9-10-11-12-13-14-15-16-17-18-19-21-45-29-35(2)47-31-37(4)49-33-39(6)51-34-40(7)50-32-38(5)48-30-36(3)46-28-27-44-26-25-43-24-23-42-22-20-41/h35-41H,8-34H2,1-7H3. The lowest BCUT2D eigenvalue weighted by atomic mass is 10.1. The first-order valence-corrected chi connectivity index (χ1v) is 20.4. The number of aliphatic hydroxyl groups is 1. The Balaban J connectivity index is 3.62. The van der Waals surface area contributed by atoms with E-state index in [0.29, 0.717) is 85.9 Å². The minimum atomic E-state index is -0.0583. The highest BCUT2D eigenvalue weighted by Gasteiger charge is 2.13. The molecule has 6 unspecified atom stereocenters. The molecule has 0 aliphatic heterocycles. The smallest absolute Gasteiger partial charge is 0.0781 e. The monoisotopic (exact) mass is 739 g/mol. The SMILES string of the molecule is CCCCCCCCCCCCCCOCC(C)OCC(C)OCC(C)OCC(C)OCC(C)OCC(C)OCCOCCOCCOCCO. The third-order valence-corrected chi connectivity index (χ3v) is 8.18. The van der Waals surface area contributed by atoms with Crippen molar-refractivity contribution < 1.29 is 52.5 Å². The van der Waals surface area contributed by atoms with Crippen LogP contribution >= 0.6 is 0 Å². The molecule has 0 aliphatic carbocycles. The van der Waals surface area contributed by atoms with Crippen molar-refractivity contribution in [1.82, 2.24) is 0 Å². The number of unbranched alkanes of at least 4 members (excludes halogenated alkanes) is 11. The van der Waals surface area contributed by atoms with E-state index in [-0.39, 0.29) is 43.2 Å². The van der Waals surface area contributed by atoms with Gasteiger partial charge < -0.3 is 52.5 Å². The van der Waals surface area contributed by atoms with Crippen molar-refractivity contribution in [2.45, 2.75) is 162 Å². The van der Waals surface area contributed by atoms with Crippen molar-refractivity contribution in [2.75, 3.05) is 99.1 Å². The maximum atomic E-state index is 8.64. The second-order valence-electron chi connectivity index (χ2n) is 13.9. The first-order chi connectivity index (χ1) is 24.8. The lowest BCUT2D eigenvalue weighted by Gasteiger charge is -2.22. The van der Waals surface area contributed by atoms with E-state index in [1.807, 2.05) is 34.6 Å². The molecule has 0 amide bonds. The van der Waals surface area contributed by atoms with Gasteiger partial charge in [0.2, 0.25) is 0 Å². The molecule has 0 aliphatic rings. The number of rotatable bonds is 42. The highest BCUT2D eigenvalue weighted by Crippen LogP contribution is 2.12. The van der Waals surface area contributed by atoms with Gasteiger partial charge in [0.05, 0.1) is 129 Å². The first-order valence-electron chi connectivity index (χ1n) is 20.4. The Kier molecular flexibility index (Phi) is 38.9. The molecule has 0 radical (unpaired) electrons. The van der Waals surface area contributed by atoms with E-state index >= 15 is 0 Å². The lowest BCUT2D eigenvalue weighted by molar-refractivity contribution is -0.105. The molecule has 0 aromatic heterocycles. The van der Waals surface area contributed by atoms with E-state index in [1.165, 1.54) is 70.6 Å². The average molecular weight is 739 g/mol. The zero-order valence-electron chi connectivity index (χ0n) is 34.1. The van der Waals surface area contributed by atoms with Gasteiger partial charge in [0.15, 0.2) is 0 Å². The fourth-order valence-electron chi connectivity index (χ4n) is 5.00. The highest BCUT2D eigenvalue weighted by atomic mass is 16.6. The molecule has 308 valence electrons. The second-order valence-corrected chi connectivity index (χ2v) is 13.9. The van der Waals surface area contributed by atoms with Gasteiger partial charge in [-0.25, -0.2) is 0 Å². The highest BCUT2D eigenvalue weighted by molar-refractivity contribution is 4.59. The van der Waals surface area contributed by atoms with Crippen LogP contribution in [0.1, 0.15) is 126 Å². The van der Waals surface area contributed by atoms with E-state index in [9.17, 15) is 0 Å². The zero-order chi connectivity index (χ0) is 37.6. The molecular weight excluding hydrogens is 656 g/mol. The maximum absolute atomic E-state index is 8.64. The maximum Gasteiger partial charge on any atom is 0.0781 e. The van der Waals surface area contributed by atoms with Crippen LogP contribution in [0.25, 0.3) is 0 Å². The summed E-state index contributed by atoms with van der Waals surface area (Å²) < 4.78 is 57.2. The summed E-state index contributed by atoms with van der Waals surface area (Å²) in [4.78, 5) is 0. The van der Waals surface area contributed by atoms with E-state index < -0.39 is 0 Å². The molecule has 11 nitrogen and oxygen atoms in total. The van der Waals surface area contributed by atoms with Crippen LogP contribution in [0.15, 0.2) is 0 Å². The van der Waals surface area contributed by atoms with Gasteiger partial charge in [0, 0.05) is 6.61 Å². The van der Waals surface area contributed by atoms with E-state index in [4.69, 9.17) is 52.5 Å². The van der Waals surface area contributed by atoms with Crippen LogP contribution in [-0.2, 0) is 47.4 Å². The summed E-state index contributed by atoms with van der Waals surface area (Å²) in [5.74, 6) is 0. The predicted molar refractivity (Wildman–Crippen MR) is 204 cm³/mol. The van der Waals surface area contributed by atoms with Gasteiger partial charge in [-0.15, -0.1) is 0 Å². The van der Waals surface area contributed by atoms with Gasteiger partial charge in [-0.05, 0) is 48.0 Å². The summed E-state index contributed by atoms with van der Waals surface area (Å²) >= 11 is 0. The van der Waals surface area contributed by atoms with Crippen molar-refractivity contribution in [1.29, 1.82) is 0 Å². The summed E-state index contributed by atoms with van der Waals surface area (Å²) in [5, 5.41) is 8.64. The molecule has 0 saturated heterocycles. The van der Waals surface area contributed by atoms with Crippen LogP contribution in [0.4, 0.5) is 0 Å². The molecular formula is C40H82O11. The van der Waals surface area contributed by atoms with E-state index in [1.54, 1.807) is 0 Å². The molecule has 0 aromatic rings.